The van der Waals surface area contributed by atoms with Crippen LogP contribution in [0.25, 0.3) is 5.69 Å². The van der Waals surface area contributed by atoms with Crippen LogP contribution in [-0.4, -0.2) is 16.3 Å². The number of aromatic nitrogens is 2. The third-order valence-corrected chi connectivity index (χ3v) is 2.97. The summed E-state index contributed by atoms with van der Waals surface area (Å²) in [6.45, 7) is 5.89. The van der Waals surface area contributed by atoms with Crippen LogP contribution >= 0.6 is 11.6 Å². The number of halogens is 2. The largest absolute Gasteiger partial charge is 0.311 e. The summed E-state index contributed by atoms with van der Waals surface area (Å²) in [7, 11) is 0. The molecule has 0 saturated carbocycles. The van der Waals surface area contributed by atoms with E-state index in [1.54, 1.807) is 18.3 Å². The topological polar surface area (TPSA) is 29.9 Å². The lowest BCUT2D eigenvalue weighted by molar-refractivity contribution is 0.545. The number of nitrogens with zero attached hydrogens (tertiary/aromatic N) is 2. The van der Waals surface area contributed by atoms with Gasteiger partial charge in [-0.2, -0.15) is 5.10 Å². The molecule has 0 spiro atoms. The molecule has 0 aliphatic carbocycles. The summed E-state index contributed by atoms with van der Waals surface area (Å²) in [4.78, 5) is 0. The molecule has 2 aromatic rings. The van der Waals surface area contributed by atoms with Crippen LogP contribution < -0.4 is 5.32 Å². The summed E-state index contributed by atoms with van der Waals surface area (Å²) in [5.41, 5.74) is 1.24. The summed E-state index contributed by atoms with van der Waals surface area (Å²) < 4.78 is 15.4. The monoisotopic (exact) mass is 281 g/mol. The van der Waals surface area contributed by atoms with E-state index in [0.717, 1.165) is 12.2 Å². The van der Waals surface area contributed by atoms with Crippen molar-refractivity contribution in [2.24, 2.45) is 5.92 Å². The lowest BCUT2D eigenvalue weighted by atomic mass is 10.2. The molecule has 0 aliphatic rings. The smallest absolute Gasteiger partial charge is 0.167 e. The summed E-state index contributed by atoms with van der Waals surface area (Å²) in [6, 6.07) is 6.75. The van der Waals surface area contributed by atoms with Gasteiger partial charge in [0.1, 0.15) is 5.69 Å². The zero-order chi connectivity index (χ0) is 13.8. The average molecular weight is 282 g/mol. The van der Waals surface area contributed by atoms with E-state index in [2.05, 4.69) is 24.3 Å². The highest BCUT2D eigenvalue weighted by Gasteiger charge is 2.09. The van der Waals surface area contributed by atoms with E-state index in [4.69, 9.17) is 11.6 Å². The molecule has 0 bridgehead atoms. The van der Waals surface area contributed by atoms with Gasteiger partial charge in [-0.15, -0.1) is 0 Å². The van der Waals surface area contributed by atoms with Crippen LogP contribution in [-0.2, 0) is 6.54 Å². The van der Waals surface area contributed by atoms with Crippen molar-refractivity contribution in [2.45, 2.75) is 20.4 Å². The van der Waals surface area contributed by atoms with Gasteiger partial charge < -0.3 is 5.32 Å². The van der Waals surface area contributed by atoms with Crippen molar-refractivity contribution in [3.8, 4) is 5.69 Å². The fourth-order valence-corrected chi connectivity index (χ4v) is 1.92. The number of hydrogen-bond acceptors (Lipinski definition) is 2. The Morgan fingerprint density at radius 1 is 1.37 bits per heavy atom. The Hall–Kier alpha value is -1.39. The highest BCUT2D eigenvalue weighted by Crippen LogP contribution is 2.20. The van der Waals surface area contributed by atoms with Crippen LogP contribution in [0.3, 0.4) is 0 Å². The lowest BCUT2D eigenvalue weighted by Crippen LogP contribution is -2.19. The molecule has 0 radical (unpaired) electrons. The normalized spacial score (nSPS) is 11.2. The molecule has 0 saturated heterocycles. The second-order valence-corrected chi connectivity index (χ2v) is 5.26. The van der Waals surface area contributed by atoms with Gasteiger partial charge in [0.25, 0.3) is 0 Å². The maximum absolute atomic E-state index is 13.8. The molecule has 5 heteroatoms. The molecule has 0 amide bonds. The first-order valence-corrected chi connectivity index (χ1v) is 6.65. The summed E-state index contributed by atoms with van der Waals surface area (Å²) in [5.74, 6) is 0.140. The van der Waals surface area contributed by atoms with Crippen molar-refractivity contribution in [3.63, 3.8) is 0 Å². The number of benzene rings is 1. The van der Waals surface area contributed by atoms with E-state index in [-0.39, 0.29) is 5.02 Å². The zero-order valence-electron chi connectivity index (χ0n) is 11.0. The van der Waals surface area contributed by atoms with Crippen molar-refractivity contribution >= 4 is 11.6 Å². The molecular weight excluding hydrogens is 265 g/mol. The first kappa shape index (κ1) is 14.0. The van der Waals surface area contributed by atoms with Gasteiger partial charge in [-0.1, -0.05) is 31.5 Å². The van der Waals surface area contributed by atoms with Crippen molar-refractivity contribution < 1.29 is 4.39 Å². The molecule has 2 rings (SSSR count). The van der Waals surface area contributed by atoms with Crippen LogP contribution in [0.4, 0.5) is 4.39 Å². The molecule has 0 atom stereocenters. The molecule has 19 heavy (non-hydrogen) atoms. The third kappa shape index (κ3) is 3.55. The van der Waals surface area contributed by atoms with Crippen LogP contribution in [0.1, 0.15) is 19.5 Å². The van der Waals surface area contributed by atoms with Gasteiger partial charge in [0.15, 0.2) is 5.82 Å². The maximum atomic E-state index is 13.8. The summed E-state index contributed by atoms with van der Waals surface area (Å²) in [5, 5.41) is 7.74. The Labute approximate surface area is 117 Å². The number of rotatable bonds is 5. The number of nitrogens with one attached hydrogen (secondary N) is 1. The van der Waals surface area contributed by atoms with Crippen molar-refractivity contribution in [2.75, 3.05) is 6.54 Å². The van der Waals surface area contributed by atoms with Gasteiger partial charge in [0, 0.05) is 12.7 Å². The molecule has 0 aliphatic heterocycles. The van der Waals surface area contributed by atoms with E-state index in [9.17, 15) is 4.39 Å². The molecule has 0 unspecified atom stereocenters. The Morgan fingerprint density at radius 2 is 2.16 bits per heavy atom. The summed E-state index contributed by atoms with van der Waals surface area (Å²) in [6.07, 6.45) is 1.74. The predicted octanol–water partition coefficient (Wildman–Crippen LogP) is 3.41. The molecule has 1 aromatic heterocycles. The first-order chi connectivity index (χ1) is 9.08. The lowest BCUT2D eigenvalue weighted by Gasteiger charge is -2.06. The van der Waals surface area contributed by atoms with Gasteiger partial charge in [0.05, 0.1) is 10.7 Å². The molecule has 1 heterocycles. The third-order valence-electron chi connectivity index (χ3n) is 2.68. The van der Waals surface area contributed by atoms with Crippen LogP contribution in [0.15, 0.2) is 30.5 Å². The quantitative estimate of drug-likeness (QED) is 0.910. The molecule has 1 N–H and O–H groups in total. The predicted molar refractivity (Wildman–Crippen MR) is 75.1 cm³/mol. The summed E-state index contributed by atoms with van der Waals surface area (Å²) >= 11 is 5.76. The van der Waals surface area contributed by atoms with Crippen molar-refractivity contribution in [3.05, 3.63) is 47.0 Å². The van der Waals surface area contributed by atoms with Crippen molar-refractivity contribution in [1.82, 2.24) is 15.1 Å². The SMILES string of the molecule is CC(C)CNCc1ccn(-c2cccc(Cl)c2F)n1. The van der Waals surface area contributed by atoms with Crippen LogP contribution in [0.2, 0.25) is 5.02 Å². The Bertz CT molecular complexity index is 551. The molecular formula is C14H17ClFN3. The molecule has 102 valence electrons. The van der Waals surface area contributed by atoms with Gasteiger partial charge in [-0.3, -0.25) is 0 Å². The van der Waals surface area contributed by atoms with E-state index in [0.29, 0.717) is 18.2 Å². The van der Waals surface area contributed by atoms with Crippen LogP contribution in [0, 0.1) is 11.7 Å². The minimum atomic E-state index is -0.450. The standard InChI is InChI=1S/C14H17ClFN3/c1-10(2)8-17-9-11-6-7-19(18-11)13-5-3-4-12(15)14(13)16/h3-7,10,17H,8-9H2,1-2H3. The fraction of sp³-hybridized carbons (Fsp3) is 0.357. The van der Waals surface area contributed by atoms with E-state index in [1.165, 1.54) is 10.7 Å². The van der Waals surface area contributed by atoms with Gasteiger partial charge in [-0.05, 0) is 30.7 Å². The number of hydrogen-bond donors (Lipinski definition) is 1. The minimum Gasteiger partial charge on any atom is -0.311 e. The zero-order valence-corrected chi connectivity index (χ0v) is 11.8. The molecule has 0 fully saturated rings. The van der Waals surface area contributed by atoms with E-state index >= 15 is 0 Å². The van der Waals surface area contributed by atoms with Crippen LogP contribution in [0.5, 0.6) is 0 Å². The van der Waals surface area contributed by atoms with Crippen molar-refractivity contribution in [1.29, 1.82) is 0 Å². The van der Waals surface area contributed by atoms with E-state index < -0.39 is 5.82 Å². The second kappa shape index (κ2) is 6.17. The van der Waals surface area contributed by atoms with Gasteiger partial charge in [-0.25, -0.2) is 9.07 Å². The minimum absolute atomic E-state index is 0.104. The van der Waals surface area contributed by atoms with E-state index in [1.807, 2.05) is 6.07 Å². The average Bonchev–Trinajstić information content (AvgIpc) is 2.81. The Balaban J connectivity index is 2.10. The maximum Gasteiger partial charge on any atom is 0.167 e. The first-order valence-electron chi connectivity index (χ1n) is 6.27. The fourth-order valence-electron chi connectivity index (χ4n) is 1.75. The van der Waals surface area contributed by atoms with Gasteiger partial charge >= 0.3 is 0 Å². The highest BCUT2D eigenvalue weighted by molar-refractivity contribution is 6.30. The van der Waals surface area contributed by atoms with Gasteiger partial charge in [0.2, 0.25) is 0 Å². The Morgan fingerprint density at radius 3 is 2.89 bits per heavy atom. The second-order valence-electron chi connectivity index (χ2n) is 4.85. The molecule has 3 nitrogen and oxygen atoms in total. The Kier molecular flexibility index (Phi) is 4.56. The molecule has 1 aromatic carbocycles. The highest BCUT2D eigenvalue weighted by atomic mass is 35.5.